The summed E-state index contributed by atoms with van der Waals surface area (Å²) in [6.45, 7) is 5.10. The first-order valence-electron chi connectivity index (χ1n) is 6.51. The van der Waals surface area contributed by atoms with Crippen LogP contribution < -0.4 is 5.32 Å². The van der Waals surface area contributed by atoms with Crippen molar-refractivity contribution in [1.82, 2.24) is 20.0 Å². The van der Waals surface area contributed by atoms with Crippen molar-refractivity contribution in [1.29, 1.82) is 0 Å². The van der Waals surface area contributed by atoms with Crippen LogP contribution in [0.3, 0.4) is 0 Å². The number of hydrogen-bond donors (Lipinski definition) is 1. The molecule has 0 bridgehead atoms. The van der Waals surface area contributed by atoms with Crippen LogP contribution in [-0.4, -0.2) is 51.7 Å². The van der Waals surface area contributed by atoms with Gasteiger partial charge in [-0.1, -0.05) is 0 Å². The van der Waals surface area contributed by atoms with Gasteiger partial charge in [-0.2, -0.15) is 5.10 Å². The molecular formula is C12H20ClN5O3. The Balaban J connectivity index is 0.00000220. The van der Waals surface area contributed by atoms with Gasteiger partial charge in [0, 0.05) is 19.6 Å². The molecule has 1 aliphatic rings. The summed E-state index contributed by atoms with van der Waals surface area (Å²) >= 11 is 0. The summed E-state index contributed by atoms with van der Waals surface area (Å²) in [5.74, 6) is -0.107. The van der Waals surface area contributed by atoms with Crippen LogP contribution in [0.5, 0.6) is 0 Å². The van der Waals surface area contributed by atoms with Gasteiger partial charge in [0.25, 0.3) is 0 Å². The number of nitrogens with zero attached hydrogens (tertiary/aromatic N) is 4. The summed E-state index contributed by atoms with van der Waals surface area (Å²) in [4.78, 5) is 24.5. The lowest BCUT2D eigenvalue weighted by Gasteiger charge is -2.32. The van der Waals surface area contributed by atoms with Crippen molar-refractivity contribution in [2.75, 3.05) is 20.1 Å². The van der Waals surface area contributed by atoms with E-state index in [0.29, 0.717) is 0 Å². The maximum Gasteiger partial charge on any atom is 0.307 e. The van der Waals surface area contributed by atoms with Crippen LogP contribution >= 0.6 is 12.4 Å². The molecule has 118 valence electrons. The topological polar surface area (TPSA) is 93.3 Å². The molecule has 1 N–H and O–H groups in total. The molecule has 2 rings (SSSR count). The fourth-order valence-electron chi connectivity index (χ4n) is 2.38. The number of nitro groups is 1. The van der Waals surface area contributed by atoms with Crippen molar-refractivity contribution in [3.8, 4) is 0 Å². The lowest BCUT2D eigenvalue weighted by atomic mass is 10.0. The summed E-state index contributed by atoms with van der Waals surface area (Å²) in [5.41, 5.74) is -1.07. The van der Waals surface area contributed by atoms with Gasteiger partial charge < -0.3 is 10.2 Å². The Hall–Kier alpha value is -1.67. The number of rotatable bonds is 4. The fourth-order valence-corrected chi connectivity index (χ4v) is 2.38. The van der Waals surface area contributed by atoms with Crippen molar-refractivity contribution in [2.24, 2.45) is 0 Å². The predicted octanol–water partition coefficient (Wildman–Crippen LogP) is 0.768. The van der Waals surface area contributed by atoms with Gasteiger partial charge in [0.05, 0.1) is 4.92 Å². The van der Waals surface area contributed by atoms with Gasteiger partial charge in [0.2, 0.25) is 5.91 Å². The third-order valence-corrected chi connectivity index (χ3v) is 3.78. The molecule has 1 unspecified atom stereocenters. The minimum atomic E-state index is -0.953. The van der Waals surface area contributed by atoms with Crippen molar-refractivity contribution in [3.63, 3.8) is 0 Å². The molecule has 21 heavy (non-hydrogen) atoms. The second kappa shape index (κ2) is 6.40. The molecule has 0 aromatic carbocycles. The van der Waals surface area contributed by atoms with Gasteiger partial charge in [-0.25, -0.2) is 0 Å². The quantitative estimate of drug-likeness (QED) is 0.654. The lowest BCUT2D eigenvalue weighted by Crippen LogP contribution is -2.50. The van der Waals surface area contributed by atoms with E-state index in [0.717, 1.165) is 25.7 Å². The van der Waals surface area contributed by atoms with Crippen molar-refractivity contribution >= 4 is 24.0 Å². The van der Waals surface area contributed by atoms with E-state index in [4.69, 9.17) is 0 Å². The van der Waals surface area contributed by atoms with Gasteiger partial charge >= 0.3 is 5.69 Å². The van der Waals surface area contributed by atoms with Crippen LogP contribution in [-0.2, 0) is 10.3 Å². The number of carbonyl (C=O) groups excluding carboxylic acids is 1. The summed E-state index contributed by atoms with van der Waals surface area (Å²) in [6.07, 6.45) is 3.36. The van der Waals surface area contributed by atoms with E-state index in [1.54, 1.807) is 25.8 Å². The maximum absolute atomic E-state index is 12.6. The molecular weight excluding hydrogens is 298 g/mol. The van der Waals surface area contributed by atoms with Crippen LogP contribution in [0.1, 0.15) is 20.3 Å². The molecule has 1 fully saturated rings. The molecule has 0 radical (unpaired) electrons. The third-order valence-electron chi connectivity index (χ3n) is 3.78. The van der Waals surface area contributed by atoms with Gasteiger partial charge in [0.1, 0.15) is 17.9 Å². The molecule has 0 saturated carbocycles. The highest BCUT2D eigenvalue weighted by Gasteiger charge is 2.37. The average Bonchev–Trinajstić information content (AvgIpc) is 3.07. The number of likely N-dealkylation sites (N-methyl/N-ethyl adjacent to an activating group) is 1. The average molecular weight is 318 g/mol. The minimum absolute atomic E-state index is 0. The molecule has 1 aromatic rings. The summed E-state index contributed by atoms with van der Waals surface area (Å²) < 4.78 is 1.35. The highest BCUT2D eigenvalue weighted by atomic mass is 35.5. The normalized spacial score (nSPS) is 18.1. The highest BCUT2D eigenvalue weighted by molar-refractivity contribution is 5.85. The Kier molecular flexibility index (Phi) is 5.30. The van der Waals surface area contributed by atoms with E-state index < -0.39 is 10.5 Å². The Labute approximate surface area is 129 Å². The van der Waals surface area contributed by atoms with E-state index in [1.165, 1.54) is 10.9 Å². The number of carbonyl (C=O) groups is 1. The second-order valence-electron chi connectivity index (χ2n) is 5.52. The van der Waals surface area contributed by atoms with Crippen LogP contribution in [0.15, 0.2) is 12.4 Å². The number of nitrogens with one attached hydrogen (secondary N) is 1. The number of hydrogen-bond acceptors (Lipinski definition) is 5. The number of amides is 1. The first-order valence-corrected chi connectivity index (χ1v) is 6.51. The molecule has 1 atom stereocenters. The maximum atomic E-state index is 12.6. The molecule has 2 heterocycles. The Morgan fingerprint density at radius 1 is 1.62 bits per heavy atom. The molecule has 9 heteroatoms. The van der Waals surface area contributed by atoms with E-state index in [-0.39, 0.29) is 30.0 Å². The standard InChI is InChI=1S/C12H19N5O3.ClH/c1-12(2,16-8-10(7-14-16)17(19)20)11(18)15(3)9-4-5-13-6-9;/h7-9,13H,4-6H2,1-3H3;1H. The highest BCUT2D eigenvalue weighted by Crippen LogP contribution is 2.22. The molecule has 1 amide bonds. The van der Waals surface area contributed by atoms with Crippen molar-refractivity contribution in [2.45, 2.75) is 31.8 Å². The molecule has 1 saturated heterocycles. The minimum Gasteiger partial charge on any atom is -0.339 e. The Bertz CT molecular complexity index is 525. The molecule has 1 aliphatic heterocycles. The van der Waals surface area contributed by atoms with Gasteiger partial charge in [-0.05, 0) is 26.8 Å². The zero-order valence-corrected chi connectivity index (χ0v) is 13.1. The molecule has 0 spiro atoms. The van der Waals surface area contributed by atoms with E-state index in [9.17, 15) is 14.9 Å². The first kappa shape index (κ1) is 17.4. The van der Waals surface area contributed by atoms with Crippen LogP contribution in [0.25, 0.3) is 0 Å². The van der Waals surface area contributed by atoms with Crippen LogP contribution in [0.4, 0.5) is 5.69 Å². The van der Waals surface area contributed by atoms with E-state index >= 15 is 0 Å². The first-order chi connectivity index (χ1) is 9.34. The zero-order chi connectivity index (χ0) is 14.9. The fraction of sp³-hybridized carbons (Fsp3) is 0.667. The van der Waals surface area contributed by atoms with E-state index in [2.05, 4.69) is 10.4 Å². The molecule has 1 aromatic heterocycles. The monoisotopic (exact) mass is 317 g/mol. The summed E-state index contributed by atoms with van der Waals surface area (Å²) in [6, 6.07) is 0.160. The van der Waals surface area contributed by atoms with Gasteiger partial charge in [0.15, 0.2) is 0 Å². The third kappa shape index (κ3) is 3.33. The second-order valence-corrected chi connectivity index (χ2v) is 5.52. The predicted molar refractivity (Wildman–Crippen MR) is 79.5 cm³/mol. The van der Waals surface area contributed by atoms with E-state index in [1.807, 2.05) is 0 Å². The van der Waals surface area contributed by atoms with Crippen molar-refractivity contribution < 1.29 is 9.72 Å². The van der Waals surface area contributed by atoms with Crippen LogP contribution in [0, 0.1) is 10.1 Å². The smallest absolute Gasteiger partial charge is 0.307 e. The van der Waals surface area contributed by atoms with Gasteiger partial charge in [-0.15, -0.1) is 12.4 Å². The molecule has 0 aliphatic carbocycles. The van der Waals surface area contributed by atoms with Gasteiger partial charge in [-0.3, -0.25) is 19.6 Å². The number of aromatic nitrogens is 2. The summed E-state index contributed by atoms with van der Waals surface area (Å²) in [5, 5.41) is 17.9. The largest absolute Gasteiger partial charge is 0.339 e. The van der Waals surface area contributed by atoms with Crippen molar-refractivity contribution in [3.05, 3.63) is 22.5 Å². The molecule has 8 nitrogen and oxygen atoms in total. The Morgan fingerprint density at radius 3 is 2.76 bits per heavy atom. The number of halogens is 1. The Morgan fingerprint density at radius 2 is 2.29 bits per heavy atom. The zero-order valence-electron chi connectivity index (χ0n) is 12.3. The SMILES string of the molecule is CN(C(=O)C(C)(C)n1cc([N+](=O)[O-])cn1)C1CCNC1.Cl. The van der Waals surface area contributed by atoms with Crippen LogP contribution in [0.2, 0.25) is 0 Å². The summed E-state index contributed by atoms with van der Waals surface area (Å²) in [7, 11) is 1.76. The lowest BCUT2D eigenvalue weighted by molar-refractivity contribution is -0.385.